The van der Waals surface area contributed by atoms with Crippen LogP contribution in [0.4, 0.5) is 0 Å². The smallest absolute Gasteiger partial charge is 0.331 e. The van der Waals surface area contributed by atoms with Crippen molar-refractivity contribution in [2.45, 2.75) is 6.42 Å². The highest BCUT2D eigenvalue weighted by molar-refractivity contribution is 6.43. The molecule has 2 aliphatic rings. The van der Waals surface area contributed by atoms with Gasteiger partial charge in [-0.25, -0.2) is 9.79 Å². The molecule has 0 radical (unpaired) electrons. The summed E-state index contributed by atoms with van der Waals surface area (Å²) in [7, 11) is 0. The van der Waals surface area contributed by atoms with Gasteiger partial charge < -0.3 is 10.8 Å². The van der Waals surface area contributed by atoms with Crippen molar-refractivity contribution in [1.82, 2.24) is 0 Å². The maximum atomic E-state index is 10.9. The van der Waals surface area contributed by atoms with Crippen LogP contribution in [0.2, 0.25) is 0 Å². The molecule has 0 fully saturated rings. The first-order chi connectivity index (χ1) is 7.58. The fraction of sp³-hybridized carbons (Fsp3) is 0.182. The molecule has 82 valence electrons. The standard InChI is InChI=1S/C11H10N2O3/c12-10(14)9-4-1-6-5-7(11(15)16)2-3-8(6)13-9/h1-4,6H,5H2,(H2,12,14)(H,15,16). The molecule has 1 amide bonds. The van der Waals surface area contributed by atoms with Gasteiger partial charge in [0.15, 0.2) is 0 Å². The molecular formula is C11H10N2O3. The van der Waals surface area contributed by atoms with Crippen molar-refractivity contribution in [3.63, 3.8) is 0 Å². The Balaban J connectivity index is 2.32. The van der Waals surface area contributed by atoms with Crippen molar-refractivity contribution in [2.24, 2.45) is 16.6 Å². The molecule has 3 N–H and O–H groups in total. The van der Waals surface area contributed by atoms with Crippen LogP contribution in [0.3, 0.4) is 0 Å². The van der Waals surface area contributed by atoms with E-state index < -0.39 is 11.9 Å². The molecule has 1 heterocycles. The predicted molar refractivity (Wildman–Crippen MR) is 57.7 cm³/mol. The fourth-order valence-corrected chi connectivity index (χ4v) is 1.69. The van der Waals surface area contributed by atoms with Crippen molar-refractivity contribution in [3.8, 4) is 0 Å². The Bertz CT molecular complexity index is 483. The first kappa shape index (κ1) is 10.4. The predicted octanol–water partition coefficient (Wildman–Crippen LogP) is 0.397. The molecule has 1 aliphatic heterocycles. The van der Waals surface area contributed by atoms with Gasteiger partial charge in [-0.3, -0.25) is 4.79 Å². The molecule has 0 saturated heterocycles. The van der Waals surface area contributed by atoms with Crippen molar-refractivity contribution >= 4 is 17.6 Å². The summed E-state index contributed by atoms with van der Waals surface area (Å²) < 4.78 is 0. The van der Waals surface area contributed by atoms with Crippen LogP contribution in [0.5, 0.6) is 0 Å². The number of hydrogen-bond acceptors (Lipinski definition) is 3. The highest BCUT2D eigenvalue weighted by Gasteiger charge is 2.23. The molecule has 0 aromatic rings. The summed E-state index contributed by atoms with van der Waals surface area (Å²) in [6, 6.07) is 0. The monoisotopic (exact) mass is 218 g/mol. The van der Waals surface area contributed by atoms with Crippen molar-refractivity contribution in [3.05, 3.63) is 35.6 Å². The van der Waals surface area contributed by atoms with E-state index in [-0.39, 0.29) is 11.6 Å². The second-order valence-electron chi connectivity index (χ2n) is 3.62. The summed E-state index contributed by atoms with van der Waals surface area (Å²) in [4.78, 5) is 25.8. The number of carboxylic acid groups (broad SMARTS) is 1. The third kappa shape index (κ3) is 1.79. The van der Waals surface area contributed by atoms with Crippen LogP contribution in [-0.4, -0.2) is 22.7 Å². The number of aliphatic imine (C=N–C) groups is 1. The number of allylic oxidation sites excluding steroid dienone is 3. The van der Waals surface area contributed by atoms with Crippen LogP contribution < -0.4 is 5.73 Å². The number of rotatable bonds is 2. The number of primary amides is 1. The van der Waals surface area contributed by atoms with Crippen LogP contribution >= 0.6 is 0 Å². The molecule has 5 heteroatoms. The van der Waals surface area contributed by atoms with Gasteiger partial charge in [-0.05, 0) is 24.6 Å². The molecule has 0 aromatic carbocycles. The maximum absolute atomic E-state index is 10.9. The second-order valence-corrected chi connectivity index (χ2v) is 3.62. The van der Waals surface area contributed by atoms with E-state index in [9.17, 15) is 9.59 Å². The number of carbonyl (C=O) groups excluding carboxylic acids is 1. The molecule has 2 rings (SSSR count). The lowest BCUT2D eigenvalue weighted by Gasteiger charge is -2.20. The lowest BCUT2D eigenvalue weighted by molar-refractivity contribution is -0.132. The minimum atomic E-state index is -0.923. The van der Waals surface area contributed by atoms with Crippen LogP contribution in [-0.2, 0) is 9.59 Å². The highest BCUT2D eigenvalue weighted by Crippen LogP contribution is 2.29. The quantitative estimate of drug-likeness (QED) is 0.702. The Kier molecular flexibility index (Phi) is 2.44. The van der Waals surface area contributed by atoms with E-state index in [0.717, 1.165) is 0 Å². The number of nitrogens with zero attached hydrogens (tertiary/aromatic N) is 1. The van der Waals surface area contributed by atoms with Gasteiger partial charge in [0, 0.05) is 17.2 Å². The highest BCUT2D eigenvalue weighted by atomic mass is 16.4. The molecule has 16 heavy (non-hydrogen) atoms. The third-order valence-corrected chi connectivity index (χ3v) is 2.54. The normalized spacial score (nSPS) is 22.8. The largest absolute Gasteiger partial charge is 0.478 e. The lowest BCUT2D eigenvalue weighted by Crippen LogP contribution is -2.25. The molecule has 0 spiro atoms. The second kappa shape index (κ2) is 3.77. The van der Waals surface area contributed by atoms with E-state index in [0.29, 0.717) is 17.7 Å². The van der Waals surface area contributed by atoms with Gasteiger partial charge in [-0.15, -0.1) is 0 Å². The molecule has 0 aromatic heterocycles. The summed E-state index contributed by atoms with van der Waals surface area (Å²) in [5.41, 5.74) is 6.34. The SMILES string of the molecule is NC(=O)C1=NC2=CC=C(C(=O)O)CC2C=C1. The van der Waals surface area contributed by atoms with Crippen LogP contribution in [0.1, 0.15) is 6.42 Å². The number of fused-ring (bicyclic) bond motifs is 1. The molecular weight excluding hydrogens is 208 g/mol. The Labute approximate surface area is 91.7 Å². The lowest BCUT2D eigenvalue weighted by atomic mass is 9.89. The van der Waals surface area contributed by atoms with Crippen LogP contribution in [0.25, 0.3) is 0 Å². The number of aliphatic carboxylic acids is 1. The zero-order valence-corrected chi connectivity index (χ0v) is 8.38. The zero-order chi connectivity index (χ0) is 11.7. The van der Waals surface area contributed by atoms with Gasteiger partial charge >= 0.3 is 5.97 Å². The van der Waals surface area contributed by atoms with Gasteiger partial charge in [-0.2, -0.15) is 0 Å². The van der Waals surface area contributed by atoms with E-state index in [1.165, 1.54) is 12.2 Å². The minimum absolute atomic E-state index is 0.0702. The van der Waals surface area contributed by atoms with Gasteiger partial charge in [0.1, 0.15) is 5.71 Å². The molecule has 1 atom stereocenters. The van der Waals surface area contributed by atoms with Crippen molar-refractivity contribution in [2.75, 3.05) is 0 Å². The number of carbonyl (C=O) groups is 2. The van der Waals surface area contributed by atoms with Gasteiger partial charge in [0.25, 0.3) is 5.91 Å². The van der Waals surface area contributed by atoms with E-state index >= 15 is 0 Å². The zero-order valence-electron chi connectivity index (χ0n) is 8.38. The average Bonchev–Trinajstić information content (AvgIpc) is 2.27. The van der Waals surface area contributed by atoms with Crippen molar-refractivity contribution in [1.29, 1.82) is 0 Å². The van der Waals surface area contributed by atoms with E-state index in [1.807, 2.05) is 0 Å². The molecule has 0 bridgehead atoms. The molecule has 5 nitrogen and oxygen atoms in total. The van der Waals surface area contributed by atoms with Crippen LogP contribution in [0.15, 0.2) is 40.6 Å². The maximum Gasteiger partial charge on any atom is 0.331 e. The minimum Gasteiger partial charge on any atom is -0.478 e. The summed E-state index contributed by atoms with van der Waals surface area (Å²) >= 11 is 0. The van der Waals surface area contributed by atoms with E-state index in [2.05, 4.69) is 4.99 Å². The first-order valence-corrected chi connectivity index (χ1v) is 4.78. The summed E-state index contributed by atoms with van der Waals surface area (Å²) in [6.07, 6.45) is 6.82. The number of nitrogens with two attached hydrogens (primary N) is 1. The van der Waals surface area contributed by atoms with Gasteiger partial charge in [0.2, 0.25) is 0 Å². The molecule has 1 aliphatic carbocycles. The summed E-state index contributed by atoms with van der Waals surface area (Å²) in [5.74, 6) is -1.57. The van der Waals surface area contributed by atoms with Gasteiger partial charge in [-0.1, -0.05) is 6.08 Å². The Morgan fingerprint density at radius 3 is 2.81 bits per heavy atom. The fourth-order valence-electron chi connectivity index (χ4n) is 1.69. The number of carboxylic acids is 1. The Morgan fingerprint density at radius 2 is 2.19 bits per heavy atom. The Morgan fingerprint density at radius 1 is 1.44 bits per heavy atom. The topological polar surface area (TPSA) is 92.8 Å². The molecule has 0 saturated carbocycles. The average molecular weight is 218 g/mol. The summed E-state index contributed by atoms with van der Waals surface area (Å²) in [5, 5.41) is 8.84. The number of dihydropyridines is 1. The first-order valence-electron chi connectivity index (χ1n) is 4.78. The van der Waals surface area contributed by atoms with E-state index in [4.69, 9.17) is 10.8 Å². The van der Waals surface area contributed by atoms with Crippen LogP contribution in [0, 0.1) is 5.92 Å². The number of hydrogen-bond donors (Lipinski definition) is 2. The Hall–Kier alpha value is -2.17. The molecule has 1 unspecified atom stereocenters. The number of amides is 1. The summed E-state index contributed by atoms with van der Waals surface area (Å²) in [6.45, 7) is 0. The van der Waals surface area contributed by atoms with Gasteiger partial charge in [0.05, 0.1) is 0 Å². The van der Waals surface area contributed by atoms with E-state index in [1.54, 1.807) is 12.2 Å². The third-order valence-electron chi connectivity index (χ3n) is 2.54. The van der Waals surface area contributed by atoms with Crippen molar-refractivity contribution < 1.29 is 14.7 Å².